The van der Waals surface area contributed by atoms with Crippen LogP contribution in [0.5, 0.6) is 11.5 Å². The molecule has 0 radical (unpaired) electrons. The van der Waals surface area contributed by atoms with Crippen LogP contribution < -0.4 is 89.0 Å². The van der Waals surface area contributed by atoms with E-state index in [-0.39, 0.29) is 130 Å². The summed E-state index contributed by atoms with van der Waals surface area (Å²) in [7, 11) is -3.65. The van der Waals surface area contributed by atoms with Crippen LogP contribution in [0, 0.1) is 0 Å². The van der Waals surface area contributed by atoms with Gasteiger partial charge in [-0.2, -0.15) is 8.42 Å². The molecule has 5 N–H and O–H groups in total. The minimum Gasteiger partial charge on any atom is -1.00 e. The van der Waals surface area contributed by atoms with Crippen LogP contribution in [-0.2, 0) is 44.7 Å². The number of nitrogens with zero attached hydrogens (tertiary/aromatic N) is 5. The number of β-amino-alcohol motifs (C(OH)–C–C–N with tert-alkyl or cyclic N) is 1. The number of ether oxygens (including phenoxy) is 4. The van der Waals surface area contributed by atoms with Crippen LogP contribution in [0.25, 0.3) is 0 Å². The second kappa shape index (κ2) is 39.2. The van der Waals surface area contributed by atoms with E-state index in [2.05, 4.69) is 51.2 Å². The number of carbonyl (C=O) groups excluding carboxylic acids is 3. The maximum Gasteiger partial charge on any atom is 1.00 e. The van der Waals surface area contributed by atoms with Crippen molar-refractivity contribution in [1.82, 2.24) is 20.2 Å². The van der Waals surface area contributed by atoms with E-state index in [1.54, 1.807) is 45.0 Å². The zero-order chi connectivity index (χ0) is 63.7. The van der Waals surface area contributed by atoms with E-state index in [1.165, 1.54) is 37.0 Å². The molecule has 8 rings (SSSR count). The fraction of sp³-hybridized carbons (Fsp3) is 0.383. The molecule has 0 aliphatic carbocycles. The number of aliphatic hydroxyl groups excluding tert-OH is 2. The molecule has 2 aliphatic rings. The van der Waals surface area contributed by atoms with Gasteiger partial charge in [-0.05, 0) is 99.5 Å². The predicted octanol–water partition coefficient (Wildman–Crippen LogP) is 1.22. The first-order valence-electron chi connectivity index (χ1n) is 27.3. The molecule has 4 atom stereocenters. The fourth-order valence-corrected chi connectivity index (χ4v) is 10.3. The van der Waals surface area contributed by atoms with E-state index in [0.29, 0.717) is 63.9 Å². The molecular weight excluding hydrogens is 1280 g/mol. The smallest absolute Gasteiger partial charge is 1.00 e. The van der Waals surface area contributed by atoms with Crippen LogP contribution in [0.15, 0.2) is 122 Å². The average Bonchev–Trinajstić information content (AvgIpc) is 0.848. The van der Waals surface area contributed by atoms with E-state index < -0.39 is 39.9 Å². The molecule has 2 aromatic heterocycles. The van der Waals surface area contributed by atoms with Crippen molar-refractivity contribution < 1.29 is 137 Å². The molecular formula is C60H72Cl4N6Na2O16S. The van der Waals surface area contributed by atoms with Gasteiger partial charge in [0.25, 0.3) is 16.6 Å². The molecule has 4 aromatic carbocycles. The summed E-state index contributed by atoms with van der Waals surface area (Å²) in [4.78, 5) is 49.5. The molecule has 6 aromatic rings. The van der Waals surface area contributed by atoms with Crippen molar-refractivity contribution in [1.29, 1.82) is 0 Å². The Morgan fingerprint density at radius 2 is 1.15 bits per heavy atom. The first-order chi connectivity index (χ1) is 41.5. The summed E-state index contributed by atoms with van der Waals surface area (Å²) in [6.07, 6.45) is 3.70. The molecule has 2 aliphatic heterocycles. The summed E-state index contributed by atoms with van der Waals surface area (Å²) in [5, 5.41) is 53.9. The van der Waals surface area contributed by atoms with Gasteiger partial charge < -0.3 is 66.1 Å². The minimum absolute atomic E-state index is 0. The Morgan fingerprint density at radius 1 is 0.697 bits per heavy atom. The van der Waals surface area contributed by atoms with Crippen molar-refractivity contribution in [3.8, 4) is 11.5 Å². The maximum absolute atomic E-state index is 12.0. The molecule has 0 amide bonds. The second-order valence-electron chi connectivity index (χ2n) is 19.8. The summed E-state index contributed by atoms with van der Waals surface area (Å²) in [6.45, 7) is 11.8. The van der Waals surface area contributed by atoms with Crippen molar-refractivity contribution >= 4 is 86.3 Å². The molecule has 22 nitrogen and oxygen atoms in total. The molecule has 4 heterocycles. The predicted molar refractivity (Wildman–Crippen MR) is 329 cm³/mol. The van der Waals surface area contributed by atoms with Crippen LogP contribution in [0.3, 0.4) is 0 Å². The number of pyridine rings is 2. The number of piperazine rings is 2. The monoisotopic (exact) mass is 1350 g/mol. The molecule has 2 saturated heterocycles. The number of esters is 2. The molecule has 0 bridgehead atoms. The molecule has 2 fully saturated rings. The van der Waals surface area contributed by atoms with Crippen molar-refractivity contribution in [3.05, 3.63) is 175 Å². The third-order valence-corrected chi connectivity index (χ3v) is 14.9. The number of nitrogens with one attached hydrogen (secondary N) is 1. The van der Waals surface area contributed by atoms with E-state index in [1.807, 2.05) is 60.7 Å². The van der Waals surface area contributed by atoms with Crippen LogP contribution in [0.2, 0.25) is 20.1 Å². The van der Waals surface area contributed by atoms with Crippen molar-refractivity contribution in [2.24, 2.45) is 0 Å². The third kappa shape index (κ3) is 25.2. The van der Waals surface area contributed by atoms with E-state index in [4.69, 9.17) is 85.6 Å². The standard InChI is InChI=1S/C29H33Cl2N3O5.C18H20Cl2N2O2.C12H17NO6S.CH2O3.2Na.H/c1-3-38-28(36)25-10-6-21(17-32-25)29(2,37)19-33-12-13-34(27(18-33)20-4-7-22(30)8-5-20)26-11-9-23(16-24(26)31)39-15-14-35;19-14-3-1-13(2-4-14)18-12-21-7-8-22(18)17-6-5-15(11-16(17)20)24-10-9-23;1-4-18-11(14)10-6-5-9(7-13-10)12(2,15)8-19-20(3,16)17;2-1-4-3;;;/h4-11,16-17,27,35,37H,3,12-15,18-19H2,1-2H3;1-6,11,18,21,23H,7-10,12H2;5-7,15H,4,8H2,1-3H3;1,3H;;;/q;;;;2*+1;-1/p-1/t27-,29+;18-;12-;;;;/m001..../s1. The Morgan fingerprint density at radius 3 is 1.55 bits per heavy atom. The van der Waals surface area contributed by atoms with Gasteiger partial charge in [0.15, 0.2) is 0 Å². The summed E-state index contributed by atoms with van der Waals surface area (Å²) in [5.74, 6) is 0.206. The number of hydrogen-bond acceptors (Lipinski definition) is 22. The number of benzene rings is 4. The third-order valence-electron chi connectivity index (χ3n) is 13.3. The zero-order valence-electron chi connectivity index (χ0n) is 51.5. The van der Waals surface area contributed by atoms with Crippen LogP contribution in [0.4, 0.5) is 11.4 Å². The Balaban J connectivity index is 0.000000467. The average molecular weight is 1350 g/mol. The number of rotatable bonds is 22. The maximum atomic E-state index is 12.0. The van der Waals surface area contributed by atoms with Gasteiger partial charge in [0, 0.05) is 91.5 Å². The summed E-state index contributed by atoms with van der Waals surface area (Å²) in [5.41, 5.74) is 2.64. The first kappa shape index (κ1) is 78.8. The Bertz CT molecular complexity index is 3250. The van der Waals surface area contributed by atoms with Gasteiger partial charge in [-0.25, -0.2) is 19.6 Å². The van der Waals surface area contributed by atoms with E-state index in [9.17, 15) is 28.2 Å². The Labute approximate surface area is 584 Å². The second-order valence-corrected chi connectivity index (χ2v) is 23.2. The molecule has 0 saturated carbocycles. The number of aliphatic hydroxyl groups is 4. The molecule has 0 unspecified atom stereocenters. The Kier molecular flexibility index (Phi) is 34.7. The number of carbonyl (C=O) groups is 3. The largest absolute Gasteiger partial charge is 1.00 e. The van der Waals surface area contributed by atoms with Crippen molar-refractivity contribution in [2.45, 2.75) is 51.0 Å². The molecule has 474 valence electrons. The first-order valence-corrected chi connectivity index (χ1v) is 30.6. The van der Waals surface area contributed by atoms with Gasteiger partial charge >= 0.3 is 71.1 Å². The fourth-order valence-electron chi connectivity index (χ4n) is 9.07. The van der Waals surface area contributed by atoms with Crippen LogP contribution in [-0.4, -0.2) is 160 Å². The molecule has 0 spiro atoms. The number of hydrogen-bond donors (Lipinski definition) is 5. The minimum atomic E-state index is -3.65. The van der Waals surface area contributed by atoms with Gasteiger partial charge in [0.1, 0.15) is 47.3 Å². The normalized spacial score (nSPS) is 16.0. The zero-order valence-corrected chi connectivity index (χ0v) is 58.4. The van der Waals surface area contributed by atoms with Gasteiger partial charge in [-0.1, -0.05) is 82.8 Å². The summed E-state index contributed by atoms with van der Waals surface area (Å²) in [6, 6.07) is 33.2. The Hall–Kier alpha value is -4.42. The SMILES string of the molecule is CCOC(=O)c1ccc([C@](C)(O)CN2CCN(c3ccc(OCCO)cc3Cl)[C@H](c3ccc(Cl)cc3)C2)cn1.CCOC(=O)c1ccc([C@](C)(O)COS(C)(=O)=O)cn1.O=CO[O-].OCCOc1ccc(N2CCNC[C@H]2c2ccc(Cl)cc2)c(Cl)c1.[H-].[Na+].[Na+]. The quantitative estimate of drug-likeness (QED) is 0.0159. The number of aromatic nitrogens is 2. The number of halogens is 4. The van der Waals surface area contributed by atoms with Gasteiger partial charge in [0.05, 0.1) is 72.8 Å². The topological polar surface area (TPSA) is 292 Å². The summed E-state index contributed by atoms with van der Waals surface area (Å²) < 4.78 is 47.1. The molecule has 29 heteroatoms. The van der Waals surface area contributed by atoms with Gasteiger partial charge in [0.2, 0.25) is 0 Å². The molecule has 89 heavy (non-hydrogen) atoms. The van der Waals surface area contributed by atoms with Crippen molar-refractivity contribution in [3.63, 3.8) is 0 Å². The van der Waals surface area contributed by atoms with Gasteiger partial charge in [-0.15, -0.1) is 0 Å². The summed E-state index contributed by atoms with van der Waals surface area (Å²) >= 11 is 25.4. The van der Waals surface area contributed by atoms with Crippen LogP contribution >= 0.6 is 46.4 Å². The number of anilines is 2. The van der Waals surface area contributed by atoms with Crippen LogP contribution in [0.1, 0.15) is 84.4 Å². The van der Waals surface area contributed by atoms with Gasteiger partial charge in [-0.3, -0.25) is 13.9 Å². The van der Waals surface area contributed by atoms with Crippen molar-refractivity contribution in [2.75, 3.05) is 108 Å². The van der Waals surface area contributed by atoms with E-state index in [0.717, 1.165) is 47.9 Å². The van der Waals surface area contributed by atoms with E-state index >= 15 is 0 Å².